The van der Waals surface area contributed by atoms with Crippen LogP contribution in [0.2, 0.25) is 0 Å². The largest absolute Gasteiger partial charge is 0.478 e. The minimum absolute atomic E-state index is 0.308. The molecule has 2 aliphatic carbocycles. The minimum Gasteiger partial charge on any atom is -0.478 e. The Labute approximate surface area is 113 Å². The number of aryl methyl sites for hydroxylation is 1. The summed E-state index contributed by atoms with van der Waals surface area (Å²) < 4.78 is 0. The van der Waals surface area contributed by atoms with Crippen molar-refractivity contribution in [1.29, 1.82) is 0 Å². The summed E-state index contributed by atoms with van der Waals surface area (Å²) in [6.45, 7) is 2.76. The van der Waals surface area contributed by atoms with E-state index in [0.29, 0.717) is 11.4 Å². The number of hydrogen-bond acceptors (Lipinski definition) is 3. The number of carbonyl (C=O) groups is 1. The fourth-order valence-corrected chi connectivity index (χ4v) is 3.74. The van der Waals surface area contributed by atoms with Crippen molar-refractivity contribution in [3.63, 3.8) is 0 Å². The highest BCUT2D eigenvalue weighted by atomic mass is 16.4. The number of nitrogens with one attached hydrogen (secondary N) is 1. The first kappa shape index (κ1) is 12.5. The predicted molar refractivity (Wildman–Crippen MR) is 73.4 cm³/mol. The monoisotopic (exact) mass is 260 g/mol. The van der Waals surface area contributed by atoms with E-state index in [-0.39, 0.29) is 0 Å². The zero-order valence-corrected chi connectivity index (χ0v) is 11.2. The molecule has 3 rings (SSSR count). The van der Waals surface area contributed by atoms with E-state index in [1.54, 1.807) is 12.1 Å². The molecule has 1 aromatic rings. The molecule has 0 aliphatic heterocycles. The van der Waals surface area contributed by atoms with Crippen LogP contribution >= 0.6 is 0 Å². The summed E-state index contributed by atoms with van der Waals surface area (Å²) in [4.78, 5) is 15.4. The van der Waals surface area contributed by atoms with Crippen molar-refractivity contribution >= 4 is 11.8 Å². The number of aromatic nitrogens is 1. The Morgan fingerprint density at radius 2 is 2.26 bits per heavy atom. The normalized spacial score (nSPS) is 28.6. The van der Waals surface area contributed by atoms with Crippen LogP contribution in [0.4, 0.5) is 5.82 Å². The van der Waals surface area contributed by atoms with Crippen LogP contribution in [0.5, 0.6) is 0 Å². The van der Waals surface area contributed by atoms with Crippen molar-refractivity contribution in [2.24, 2.45) is 17.8 Å². The van der Waals surface area contributed by atoms with E-state index in [9.17, 15) is 4.79 Å². The standard InChI is InChI=1S/C15H20N2O2/c1-9-4-12(15(18)19)7-14(17-9)16-8-13-6-10-2-3-11(13)5-10/h4,7,10-11,13H,2-3,5-6,8H2,1H3,(H,16,17)(H,18,19). The third-order valence-electron chi connectivity index (χ3n) is 4.63. The minimum atomic E-state index is -0.895. The van der Waals surface area contributed by atoms with Crippen LogP contribution in [0.1, 0.15) is 41.7 Å². The Morgan fingerprint density at radius 1 is 1.42 bits per heavy atom. The average molecular weight is 260 g/mol. The van der Waals surface area contributed by atoms with Crippen LogP contribution in [-0.4, -0.2) is 22.6 Å². The molecule has 0 aromatic carbocycles. The summed E-state index contributed by atoms with van der Waals surface area (Å²) in [5.74, 6) is 2.36. The number of fused-ring (bicyclic) bond motifs is 2. The molecule has 2 aliphatic rings. The van der Waals surface area contributed by atoms with Gasteiger partial charge in [0.05, 0.1) is 5.56 Å². The SMILES string of the molecule is Cc1cc(C(=O)O)cc(NCC2CC3CCC2C3)n1. The van der Waals surface area contributed by atoms with Crippen molar-refractivity contribution in [2.45, 2.75) is 32.6 Å². The van der Waals surface area contributed by atoms with Crippen LogP contribution in [-0.2, 0) is 0 Å². The average Bonchev–Trinajstić information content (AvgIpc) is 2.97. The molecule has 2 saturated carbocycles. The summed E-state index contributed by atoms with van der Waals surface area (Å²) in [6, 6.07) is 3.23. The van der Waals surface area contributed by atoms with Crippen LogP contribution in [0.15, 0.2) is 12.1 Å². The molecule has 3 atom stereocenters. The summed E-state index contributed by atoms with van der Waals surface area (Å²) in [7, 11) is 0. The van der Waals surface area contributed by atoms with Crippen molar-refractivity contribution in [3.05, 3.63) is 23.4 Å². The van der Waals surface area contributed by atoms with Gasteiger partial charge in [-0.15, -0.1) is 0 Å². The molecule has 0 saturated heterocycles. The molecule has 4 heteroatoms. The van der Waals surface area contributed by atoms with E-state index < -0.39 is 5.97 Å². The van der Waals surface area contributed by atoms with E-state index >= 15 is 0 Å². The number of aromatic carboxylic acids is 1. The van der Waals surface area contributed by atoms with Gasteiger partial charge in [0.15, 0.2) is 0 Å². The van der Waals surface area contributed by atoms with Crippen molar-refractivity contribution in [1.82, 2.24) is 4.98 Å². The lowest BCUT2D eigenvalue weighted by molar-refractivity contribution is 0.0696. The third-order valence-corrected chi connectivity index (χ3v) is 4.63. The van der Waals surface area contributed by atoms with Gasteiger partial charge in [0.25, 0.3) is 0 Å². The van der Waals surface area contributed by atoms with E-state index in [0.717, 1.165) is 30.0 Å². The maximum Gasteiger partial charge on any atom is 0.335 e. The Balaban J connectivity index is 1.65. The molecule has 102 valence electrons. The quantitative estimate of drug-likeness (QED) is 0.873. The van der Waals surface area contributed by atoms with Gasteiger partial charge in [0.1, 0.15) is 5.82 Å². The van der Waals surface area contributed by atoms with Gasteiger partial charge < -0.3 is 10.4 Å². The molecule has 2 fully saturated rings. The first-order valence-corrected chi connectivity index (χ1v) is 7.07. The third kappa shape index (κ3) is 2.57. The van der Waals surface area contributed by atoms with Crippen LogP contribution in [0, 0.1) is 24.7 Å². The van der Waals surface area contributed by atoms with Crippen molar-refractivity contribution < 1.29 is 9.90 Å². The molecule has 19 heavy (non-hydrogen) atoms. The predicted octanol–water partition coefficient (Wildman–Crippen LogP) is 2.94. The summed E-state index contributed by atoms with van der Waals surface area (Å²) in [6.07, 6.45) is 5.51. The molecule has 0 spiro atoms. The van der Waals surface area contributed by atoms with Crippen molar-refractivity contribution in [2.75, 3.05) is 11.9 Å². The Kier molecular flexibility index (Phi) is 3.17. The van der Waals surface area contributed by atoms with Crippen molar-refractivity contribution in [3.8, 4) is 0 Å². The zero-order valence-electron chi connectivity index (χ0n) is 11.2. The number of pyridine rings is 1. The molecule has 4 nitrogen and oxygen atoms in total. The van der Waals surface area contributed by atoms with Gasteiger partial charge in [-0.3, -0.25) is 0 Å². The summed E-state index contributed by atoms with van der Waals surface area (Å²) >= 11 is 0. The van der Waals surface area contributed by atoms with Gasteiger partial charge in [-0.25, -0.2) is 9.78 Å². The lowest BCUT2D eigenvalue weighted by atomic mass is 9.89. The number of rotatable bonds is 4. The fourth-order valence-electron chi connectivity index (χ4n) is 3.74. The maximum absolute atomic E-state index is 11.0. The second-order valence-corrected chi connectivity index (χ2v) is 6.00. The van der Waals surface area contributed by atoms with E-state index in [2.05, 4.69) is 10.3 Å². The van der Waals surface area contributed by atoms with Gasteiger partial charge in [-0.1, -0.05) is 6.42 Å². The number of carboxylic acids is 1. The molecular formula is C15H20N2O2. The number of anilines is 1. The van der Waals surface area contributed by atoms with E-state index in [1.807, 2.05) is 6.92 Å². The summed E-state index contributed by atoms with van der Waals surface area (Å²) in [5, 5.41) is 12.4. The van der Waals surface area contributed by atoms with Crippen LogP contribution < -0.4 is 5.32 Å². The molecule has 2 N–H and O–H groups in total. The molecule has 0 radical (unpaired) electrons. The molecule has 2 bridgehead atoms. The first-order chi connectivity index (χ1) is 9.11. The summed E-state index contributed by atoms with van der Waals surface area (Å²) in [5.41, 5.74) is 1.05. The van der Waals surface area contributed by atoms with Gasteiger partial charge in [0, 0.05) is 12.2 Å². The fraction of sp³-hybridized carbons (Fsp3) is 0.600. The lowest BCUT2D eigenvalue weighted by Crippen LogP contribution is -2.20. The lowest BCUT2D eigenvalue weighted by Gasteiger charge is -2.22. The van der Waals surface area contributed by atoms with Gasteiger partial charge in [-0.05, 0) is 56.1 Å². The van der Waals surface area contributed by atoms with Crippen LogP contribution in [0.25, 0.3) is 0 Å². The Bertz CT molecular complexity index is 501. The second-order valence-electron chi connectivity index (χ2n) is 6.00. The van der Waals surface area contributed by atoms with E-state index in [4.69, 9.17) is 5.11 Å². The second kappa shape index (κ2) is 4.83. The molecular weight excluding hydrogens is 240 g/mol. The number of hydrogen-bond donors (Lipinski definition) is 2. The number of carboxylic acid groups (broad SMARTS) is 1. The highest BCUT2D eigenvalue weighted by Crippen LogP contribution is 2.48. The first-order valence-electron chi connectivity index (χ1n) is 7.07. The van der Waals surface area contributed by atoms with E-state index in [1.165, 1.54) is 25.7 Å². The Hall–Kier alpha value is -1.58. The molecule has 1 heterocycles. The molecule has 0 amide bonds. The topological polar surface area (TPSA) is 62.2 Å². The van der Waals surface area contributed by atoms with Gasteiger partial charge >= 0.3 is 5.97 Å². The highest BCUT2D eigenvalue weighted by Gasteiger charge is 2.39. The zero-order chi connectivity index (χ0) is 13.4. The van der Waals surface area contributed by atoms with Gasteiger partial charge in [-0.2, -0.15) is 0 Å². The Morgan fingerprint density at radius 3 is 2.89 bits per heavy atom. The van der Waals surface area contributed by atoms with Gasteiger partial charge in [0.2, 0.25) is 0 Å². The smallest absolute Gasteiger partial charge is 0.335 e. The number of nitrogens with zero attached hydrogens (tertiary/aromatic N) is 1. The molecule has 1 aromatic heterocycles. The maximum atomic E-state index is 11.0. The highest BCUT2D eigenvalue weighted by molar-refractivity contribution is 5.88. The van der Waals surface area contributed by atoms with Crippen LogP contribution in [0.3, 0.4) is 0 Å². The molecule has 3 unspecified atom stereocenters.